The third kappa shape index (κ3) is 18.5. The van der Waals surface area contributed by atoms with Gasteiger partial charge in [0.2, 0.25) is 15.2 Å². The van der Waals surface area contributed by atoms with Crippen molar-refractivity contribution in [2.45, 2.75) is 38.3 Å². The maximum absolute atomic E-state index is 2.31. The smallest absolute Gasteiger partial charge is 1.00 e. The molecule has 65 valence electrons. The molecule has 0 aromatic rings. The fourth-order valence-corrected chi connectivity index (χ4v) is 2.29. The Labute approximate surface area is 103 Å². The maximum atomic E-state index is 2.31. The molecule has 0 amide bonds. The summed E-state index contributed by atoms with van der Waals surface area (Å²) in [4.78, 5) is 0. The Morgan fingerprint density at radius 1 is 1.00 bits per heavy atom. The Hall–Kier alpha value is 1.59. The van der Waals surface area contributed by atoms with Gasteiger partial charge in [-0.2, -0.15) is 0 Å². The SMILES string of the molecule is CC(C)[CH2][Al][CH2]C(C)C.Cl.[H-].[H-].[Mg+2]. The summed E-state index contributed by atoms with van der Waals surface area (Å²) >= 11 is 0.755. The van der Waals surface area contributed by atoms with Gasteiger partial charge in [0.15, 0.2) is 0 Å². The summed E-state index contributed by atoms with van der Waals surface area (Å²) in [6.45, 7) is 9.25. The Bertz CT molecular complexity index is 67.2. The van der Waals surface area contributed by atoms with E-state index in [4.69, 9.17) is 0 Å². The van der Waals surface area contributed by atoms with Crippen molar-refractivity contribution in [3.8, 4) is 0 Å². The fraction of sp³-hybridized carbons (Fsp3) is 1.00. The monoisotopic (exact) mass is 203 g/mol. The topological polar surface area (TPSA) is 0 Å². The molecule has 0 aliphatic rings. The summed E-state index contributed by atoms with van der Waals surface area (Å²) < 4.78 is 0. The van der Waals surface area contributed by atoms with Gasteiger partial charge < -0.3 is 2.85 Å². The van der Waals surface area contributed by atoms with E-state index in [1.165, 1.54) is 10.6 Å². The van der Waals surface area contributed by atoms with Crippen LogP contribution in [0.3, 0.4) is 0 Å². The van der Waals surface area contributed by atoms with Crippen LogP contribution in [-0.4, -0.2) is 38.3 Å². The van der Waals surface area contributed by atoms with Gasteiger partial charge >= 0.3 is 23.1 Å². The summed E-state index contributed by atoms with van der Waals surface area (Å²) in [6, 6.07) is 0. The van der Waals surface area contributed by atoms with E-state index in [1.54, 1.807) is 0 Å². The summed E-state index contributed by atoms with van der Waals surface area (Å²) in [5, 5.41) is 2.97. The molecule has 0 spiro atoms. The van der Waals surface area contributed by atoms with Gasteiger partial charge in [-0.1, -0.05) is 39.5 Å². The zero-order valence-electron chi connectivity index (χ0n) is 10.3. The van der Waals surface area contributed by atoms with Gasteiger partial charge in [-0.3, -0.25) is 0 Å². The molecule has 0 rings (SSSR count). The predicted octanol–water partition coefficient (Wildman–Crippen LogP) is 3.11. The van der Waals surface area contributed by atoms with Gasteiger partial charge in [0, 0.05) is 0 Å². The van der Waals surface area contributed by atoms with Crippen LogP contribution in [0.4, 0.5) is 0 Å². The van der Waals surface area contributed by atoms with Crippen LogP contribution in [0.1, 0.15) is 30.5 Å². The first kappa shape index (κ1) is 18.4. The third-order valence-corrected chi connectivity index (χ3v) is 3.83. The summed E-state index contributed by atoms with van der Waals surface area (Å²) in [6.07, 6.45) is 0. The Balaban J connectivity index is -0.0000000533. The normalized spacial score (nSPS) is 8.91. The van der Waals surface area contributed by atoms with E-state index >= 15 is 0 Å². The number of halogens is 1. The molecule has 0 bridgehead atoms. The standard InChI is InChI=1S/2C4H9.Al.ClH.Mg.2H/c2*1-4(2)3;;;;;/h2*4H,1H2,2-3H3;;1H;;;/q;;;;+2;2*-1. The second kappa shape index (κ2) is 11.6. The number of rotatable bonds is 4. The molecule has 0 atom stereocenters. The van der Waals surface area contributed by atoms with Crippen LogP contribution in [0, 0.1) is 11.8 Å². The largest absolute Gasteiger partial charge is 2.00 e. The molecule has 0 aromatic heterocycles. The molecule has 1 radical (unpaired) electrons. The van der Waals surface area contributed by atoms with Crippen LogP contribution in [0.15, 0.2) is 0 Å². The van der Waals surface area contributed by atoms with E-state index in [0.717, 1.165) is 27.1 Å². The average Bonchev–Trinajstić information content (AvgIpc) is 1.63. The van der Waals surface area contributed by atoms with Gasteiger partial charge in [-0.25, -0.2) is 0 Å². The van der Waals surface area contributed by atoms with Crippen molar-refractivity contribution in [3.05, 3.63) is 0 Å². The van der Waals surface area contributed by atoms with Crippen LogP contribution in [0.25, 0.3) is 0 Å². The molecular formula is C8H21AlClMg. The van der Waals surface area contributed by atoms with Crippen molar-refractivity contribution < 1.29 is 2.85 Å². The molecule has 0 saturated heterocycles. The molecule has 0 unspecified atom stereocenters. The second-order valence-electron chi connectivity index (χ2n) is 3.55. The van der Waals surface area contributed by atoms with Gasteiger partial charge in [-0.15, -0.1) is 23.0 Å². The third-order valence-electron chi connectivity index (χ3n) is 1.28. The van der Waals surface area contributed by atoms with Crippen LogP contribution in [0.2, 0.25) is 10.6 Å². The van der Waals surface area contributed by atoms with E-state index in [-0.39, 0.29) is 38.3 Å². The first-order valence-corrected chi connectivity index (χ1v) is 5.58. The molecule has 0 N–H and O–H groups in total. The predicted molar refractivity (Wildman–Crippen MR) is 60.3 cm³/mol. The first-order valence-electron chi connectivity index (χ1n) is 3.94. The summed E-state index contributed by atoms with van der Waals surface area (Å²) in [7, 11) is 0. The zero-order valence-corrected chi connectivity index (χ0v) is 11.6. The minimum absolute atomic E-state index is 0. The zero-order chi connectivity index (χ0) is 7.28. The maximum Gasteiger partial charge on any atom is 2.00 e. The van der Waals surface area contributed by atoms with E-state index < -0.39 is 0 Å². The van der Waals surface area contributed by atoms with Crippen LogP contribution < -0.4 is 0 Å². The van der Waals surface area contributed by atoms with Crippen molar-refractivity contribution >= 4 is 50.7 Å². The van der Waals surface area contributed by atoms with Crippen molar-refractivity contribution in [3.63, 3.8) is 0 Å². The quantitative estimate of drug-likeness (QED) is 0.617. The van der Waals surface area contributed by atoms with Crippen molar-refractivity contribution in [1.29, 1.82) is 0 Å². The fourth-order valence-electron chi connectivity index (χ4n) is 0.763. The van der Waals surface area contributed by atoms with Crippen LogP contribution >= 0.6 is 12.4 Å². The minimum atomic E-state index is 0. The molecule has 0 aliphatic heterocycles. The Kier molecular flexibility index (Phi) is 19.4. The number of hydrogen-bond acceptors (Lipinski definition) is 0. The van der Waals surface area contributed by atoms with Gasteiger partial charge in [0.25, 0.3) is 0 Å². The molecule has 11 heavy (non-hydrogen) atoms. The van der Waals surface area contributed by atoms with E-state index in [2.05, 4.69) is 27.7 Å². The molecule has 0 aromatic carbocycles. The molecule has 0 nitrogen and oxygen atoms in total. The van der Waals surface area contributed by atoms with Gasteiger partial charge in [0.1, 0.15) is 0 Å². The molecule has 0 aliphatic carbocycles. The van der Waals surface area contributed by atoms with E-state index in [1.807, 2.05) is 0 Å². The van der Waals surface area contributed by atoms with E-state index in [9.17, 15) is 0 Å². The summed E-state index contributed by atoms with van der Waals surface area (Å²) in [5.41, 5.74) is 0. The van der Waals surface area contributed by atoms with Crippen molar-refractivity contribution in [1.82, 2.24) is 0 Å². The molecule has 0 heterocycles. The van der Waals surface area contributed by atoms with Crippen LogP contribution in [-0.2, 0) is 0 Å². The Morgan fingerprint density at radius 3 is 1.45 bits per heavy atom. The van der Waals surface area contributed by atoms with Crippen LogP contribution in [0.5, 0.6) is 0 Å². The molecule has 0 saturated carbocycles. The molecular weight excluding hydrogens is 183 g/mol. The second-order valence-corrected chi connectivity index (χ2v) is 5.07. The van der Waals surface area contributed by atoms with Crippen molar-refractivity contribution in [2.24, 2.45) is 11.8 Å². The summed E-state index contributed by atoms with van der Waals surface area (Å²) in [5.74, 6) is 1.86. The first-order chi connectivity index (χ1) is 4.13. The molecule has 0 fully saturated rings. The minimum Gasteiger partial charge on any atom is -1.00 e. The Morgan fingerprint density at radius 2 is 1.27 bits per heavy atom. The average molecular weight is 204 g/mol. The van der Waals surface area contributed by atoms with Gasteiger partial charge in [0.05, 0.1) is 0 Å². The van der Waals surface area contributed by atoms with Crippen molar-refractivity contribution in [2.75, 3.05) is 0 Å². The van der Waals surface area contributed by atoms with E-state index in [0.29, 0.717) is 0 Å². The van der Waals surface area contributed by atoms with Gasteiger partial charge in [-0.05, 0) is 0 Å². The molecule has 3 heteroatoms. The number of hydrogen-bond donors (Lipinski definition) is 0.